The lowest BCUT2D eigenvalue weighted by Gasteiger charge is -2.35. The molecule has 0 spiro atoms. The minimum atomic E-state index is -0.821. The molecule has 1 heterocycles. The molecule has 0 radical (unpaired) electrons. The second kappa shape index (κ2) is 5.50. The van der Waals surface area contributed by atoms with Crippen molar-refractivity contribution in [1.82, 2.24) is 4.90 Å². The maximum Gasteiger partial charge on any atom is 0.309 e. The number of aliphatic carboxylic acids is 1. The average Bonchev–Trinajstić information content (AvgIpc) is 2.33. The molecular formula is C13H13N3O3. The van der Waals surface area contributed by atoms with E-state index in [1.807, 2.05) is 6.07 Å². The highest BCUT2D eigenvalue weighted by Crippen LogP contribution is 2.15. The summed E-state index contributed by atoms with van der Waals surface area (Å²) in [4.78, 5) is 24.1. The molecule has 19 heavy (non-hydrogen) atoms. The molecule has 0 saturated carbocycles. The Balaban J connectivity index is 1.82. The van der Waals surface area contributed by atoms with Crippen LogP contribution in [0.3, 0.4) is 0 Å². The number of nitrogens with zero attached hydrogens (tertiary/aromatic N) is 2. The van der Waals surface area contributed by atoms with Crippen molar-refractivity contribution < 1.29 is 14.7 Å². The number of likely N-dealkylation sites (tertiary alicyclic amines) is 1. The van der Waals surface area contributed by atoms with Gasteiger partial charge in [0, 0.05) is 18.8 Å². The summed E-state index contributed by atoms with van der Waals surface area (Å²) < 4.78 is 0. The Morgan fingerprint density at radius 2 is 2.21 bits per heavy atom. The third kappa shape index (κ3) is 3.30. The van der Waals surface area contributed by atoms with E-state index in [4.69, 9.17) is 10.4 Å². The van der Waals surface area contributed by atoms with E-state index in [1.54, 1.807) is 29.2 Å². The smallest absolute Gasteiger partial charge is 0.309 e. The molecule has 6 nitrogen and oxygen atoms in total. The Kier molecular flexibility index (Phi) is 3.78. The minimum absolute atomic E-state index is 0.167. The van der Waals surface area contributed by atoms with Crippen molar-refractivity contribution in [2.24, 2.45) is 5.92 Å². The average molecular weight is 259 g/mol. The number of carboxylic acid groups (broad SMARTS) is 1. The molecule has 0 unspecified atom stereocenters. The molecule has 1 aromatic rings. The van der Waals surface area contributed by atoms with E-state index in [2.05, 4.69) is 5.32 Å². The lowest BCUT2D eigenvalue weighted by Crippen LogP contribution is -2.52. The maximum atomic E-state index is 11.7. The zero-order valence-electron chi connectivity index (χ0n) is 10.2. The number of hydrogen-bond acceptors (Lipinski definition) is 4. The number of carbonyl (C=O) groups excluding carboxylic acids is 1. The molecule has 1 aromatic carbocycles. The first kappa shape index (κ1) is 13.1. The van der Waals surface area contributed by atoms with Crippen molar-refractivity contribution in [3.63, 3.8) is 0 Å². The van der Waals surface area contributed by atoms with E-state index >= 15 is 0 Å². The van der Waals surface area contributed by atoms with E-state index in [9.17, 15) is 9.59 Å². The molecule has 0 aliphatic carbocycles. The van der Waals surface area contributed by atoms with Crippen LogP contribution in [0.25, 0.3) is 0 Å². The number of anilines is 1. The molecule has 2 N–H and O–H groups in total. The molecule has 0 aromatic heterocycles. The van der Waals surface area contributed by atoms with Crippen LogP contribution in [0.2, 0.25) is 0 Å². The largest absolute Gasteiger partial charge is 0.481 e. The van der Waals surface area contributed by atoms with Crippen molar-refractivity contribution in [3.05, 3.63) is 29.8 Å². The minimum Gasteiger partial charge on any atom is -0.481 e. The van der Waals surface area contributed by atoms with Gasteiger partial charge in [-0.15, -0.1) is 0 Å². The number of nitrogens with one attached hydrogen (secondary N) is 1. The number of benzene rings is 1. The molecule has 1 saturated heterocycles. The van der Waals surface area contributed by atoms with Gasteiger partial charge in [0.1, 0.15) is 0 Å². The van der Waals surface area contributed by atoms with Crippen molar-refractivity contribution in [1.29, 1.82) is 5.26 Å². The molecule has 1 aliphatic rings. The molecule has 1 aliphatic heterocycles. The van der Waals surface area contributed by atoms with Gasteiger partial charge in [0.25, 0.3) is 0 Å². The van der Waals surface area contributed by atoms with Crippen LogP contribution < -0.4 is 5.32 Å². The summed E-state index contributed by atoms with van der Waals surface area (Å²) in [5.41, 5.74) is 1.05. The second-order valence-corrected chi connectivity index (χ2v) is 4.47. The van der Waals surface area contributed by atoms with Gasteiger partial charge in [0.2, 0.25) is 5.91 Å². The van der Waals surface area contributed by atoms with Crippen LogP contribution in [-0.2, 0) is 9.59 Å². The highest BCUT2D eigenvalue weighted by atomic mass is 16.4. The zero-order valence-corrected chi connectivity index (χ0v) is 10.2. The normalized spacial score (nSPS) is 15.3. The van der Waals surface area contributed by atoms with Gasteiger partial charge in [-0.2, -0.15) is 5.26 Å². The maximum absolute atomic E-state index is 11.7. The first-order chi connectivity index (χ1) is 9.08. The van der Waals surface area contributed by atoms with Crippen LogP contribution in [0.1, 0.15) is 5.56 Å². The van der Waals surface area contributed by atoms with Crippen LogP contribution in [0, 0.1) is 17.2 Å². The van der Waals surface area contributed by atoms with Crippen molar-refractivity contribution >= 4 is 17.6 Å². The number of carbonyl (C=O) groups is 2. The lowest BCUT2D eigenvalue weighted by atomic mass is 10.0. The Bertz CT molecular complexity index is 544. The van der Waals surface area contributed by atoms with Crippen LogP contribution in [0.4, 0.5) is 5.69 Å². The number of hydrogen-bond donors (Lipinski definition) is 2. The molecular weight excluding hydrogens is 246 g/mol. The fourth-order valence-electron chi connectivity index (χ4n) is 1.93. The van der Waals surface area contributed by atoms with Gasteiger partial charge in [-0.3, -0.25) is 14.5 Å². The van der Waals surface area contributed by atoms with E-state index in [-0.39, 0.29) is 18.4 Å². The Morgan fingerprint density at radius 3 is 2.84 bits per heavy atom. The molecule has 2 rings (SSSR count). The standard InChI is InChI=1S/C13H13N3O3/c14-5-9-2-1-3-11(4-9)15-12(17)8-16-6-10(7-16)13(18)19/h1-4,10H,6-8H2,(H,15,17)(H,18,19). The summed E-state index contributed by atoms with van der Waals surface area (Å²) in [6.45, 7) is 0.975. The topological polar surface area (TPSA) is 93.4 Å². The Morgan fingerprint density at radius 1 is 1.47 bits per heavy atom. The highest BCUT2D eigenvalue weighted by Gasteiger charge is 2.33. The quantitative estimate of drug-likeness (QED) is 0.821. The van der Waals surface area contributed by atoms with E-state index < -0.39 is 5.97 Å². The van der Waals surface area contributed by atoms with Gasteiger partial charge in [-0.1, -0.05) is 6.07 Å². The van der Waals surface area contributed by atoms with Crippen molar-refractivity contribution in [2.45, 2.75) is 0 Å². The van der Waals surface area contributed by atoms with Gasteiger partial charge >= 0.3 is 5.97 Å². The van der Waals surface area contributed by atoms with E-state index in [1.165, 1.54) is 0 Å². The Labute approximate surface area is 110 Å². The van der Waals surface area contributed by atoms with E-state index in [0.29, 0.717) is 24.3 Å². The zero-order chi connectivity index (χ0) is 13.8. The third-order valence-electron chi connectivity index (χ3n) is 2.95. The van der Waals surface area contributed by atoms with Crippen molar-refractivity contribution in [3.8, 4) is 6.07 Å². The van der Waals surface area contributed by atoms with Gasteiger partial charge in [-0.25, -0.2) is 0 Å². The molecule has 0 atom stereocenters. The first-order valence-corrected chi connectivity index (χ1v) is 5.83. The summed E-state index contributed by atoms with van der Waals surface area (Å²) in [6, 6.07) is 8.64. The fourth-order valence-corrected chi connectivity index (χ4v) is 1.93. The molecule has 0 bridgehead atoms. The van der Waals surface area contributed by atoms with Crippen LogP contribution >= 0.6 is 0 Å². The number of amides is 1. The summed E-state index contributed by atoms with van der Waals surface area (Å²) in [5, 5.41) is 20.1. The highest BCUT2D eigenvalue weighted by molar-refractivity contribution is 5.92. The predicted octanol–water partition coefficient (Wildman–Crippen LogP) is 0.513. The third-order valence-corrected chi connectivity index (χ3v) is 2.95. The number of rotatable bonds is 4. The molecule has 1 amide bonds. The summed E-state index contributed by atoms with van der Waals surface area (Å²) >= 11 is 0. The summed E-state index contributed by atoms with van der Waals surface area (Å²) in [5.74, 6) is -1.40. The number of nitriles is 1. The SMILES string of the molecule is N#Cc1cccc(NC(=O)CN2CC(C(=O)O)C2)c1. The fraction of sp³-hybridized carbons (Fsp3) is 0.308. The monoisotopic (exact) mass is 259 g/mol. The van der Waals surface area contributed by atoms with Gasteiger partial charge in [0.05, 0.1) is 24.1 Å². The van der Waals surface area contributed by atoms with E-state index in [0.717, 1.165) is 0 Å². The summed E-state index contributed by atoms with van der Waals surface area (Å²) in [7, 11) is 0. The van der Waals surface area contributed by atoms with Gasteiger partial charge in [-0.05, 0) is 18.2 Å². The van der Waals surface area contributed by atoms with Crippen LogP contribution in [-0.4, -0.2) is 41.5 Å². The first-order valence-electron chi connectivity index (χ1n) is 5.83. The molecule has 1 fully saturated rings. The van der Waals surface area contributed by atoms with Crippen LogP contribution in [0.5, 0.6) is 0 Å². The van der Waals surface area contributed by atoms with Gasteiger partial charge in [0.15, 0.2) is 0 Å². The molecule has 98 valence electrons. The predicted molar refractivity (Wildman–Crippen MR) is 67.4 cm³/mol. The Hall–Kier alpha value is -2.39. The summed E-state index contributed by atoms with van der Waals surface area (Å²) in [6.07, 6.45) is 0. The van der Waals surface area contributed by atoms with Gasteiger partial charge < -0.3 is 10.4 Å². The number of carboxylic acids is 1. The van der Waals surface area contributed by atoms with Crippen molar-refractivity contribution in [2.75, 3.05) is 25.0 Å². The van der Waals surface area contributed by atoms with Crippen LogP contribution in [0.15, 0.2) is 24.3 Å². The lowest BCUT2D eigenvalue weighted by molar-refractivity contribution is -0.148. The second-order valence-electron chi connectivity index (χ2n) is 4.47. The molecule has 6 heteroatoms.